The summed E-state index contributed by atoms with van der Waals surface area (Å²) in [6.45, 7) is 8.04. The van der Waals surface area contributed by atoms with E-state index in [1.54, 1.807) is 6.20 Å². The highest BCUT2D eigenvalue weighted by Gasteiger charge is 1.96. The predicted molar refractivity (Wildman–Crippen MR) is 42.0 cm³/mol. The van der Waals surface area contributed by atoms with Gasteiger partial charge in [0, 0.05) is 12.0 Å². The molecule has 0 saturated carbocycles. The molecule has 0 unspecified atom stereocenters. The van der Waals surface area contributed by atoms with Crippen molar-refractivity contribution in [1.29, 1.82) is 0 Å². The van der Waals surface area contributed by atoms with E-state index in [0.29, 0.717) is 0 Å². The lowest BCUT2D eigenvalue weighted by atomic mass is 10.2. The van der Waals surface area contributed by atoms with Crippen molar-refractivity contribution in [3.05, 3.63) is 17.5 Å². The Kier molecular flexibility index (Phi) is 4.63. The largest absolute Gasteiger partial charge is 0.361 e. The number of hydrogen-bond acceptors (Lipinski definition) is 2. The lowest BCUT2D eigenvalue weighted by molar-refractivity contribution is 0.386. The minimum atomic E-state index is 0.936. The molecule has 1 aromatic heterocycles. The van der Waals surface area contributed by atoms with Crippen LogP contribution in [-0.4, -0.2) is 5.16 Å². The molecule has 10 heavy (non-hydrogen) atoms. The van der Waals surface area contributed by atoms with Gasteiger partial charge in [-0.3, -0.25) is 0 Å². The van der Waals surface area contributed by atoms with Crippen LogP contribution in [0.3, 0.4) is 0 Å². The summed E-state index contributed by atoms with van der Waals surface area (Å²) in [5.41, 5.74) is 1.15. The molecule has 0 fully saturated rings. The first-order valence-electron chi connectivity index (χ1n) is 3.74. The molecular weight excluding hydrogens is 126 g/mol. The standard InChI is InChI=1S/C6H9NO.C2H6/c1-3-6-5(2)4-7-8-6;1-2/h4H,3H2,1-2H3;1-2H3. The number of aryl methyl sites for hydroxylation is 2. The van der Waals surface area contributed by atoms with Gasteiger partial charge in [0.15, 0.2) is 0 Å². The van der Waals surface area contributed by atoms with E-state index in [9.17, 15) is 0 Å². The van der Waals surface area contributed by atoms with Gasteiger partial charge in [0.1, 0.15) is 5.76 Å². The third-order valence-corrected chi connectivity index (χ3v) is 1.17. The van der Waals surface area contributed by atoms with Crippen molar-refractivity contribution < 1.29 is 4.52 Å². The van der Waals surface area contributed by atoms with Crippen LogP contribution in [-0.2, 0) is 6.42 Å². The highest BCUT2D eigenvalue weighted by Crippen LogP contribution is 2.04. The molecule has 1 aromatic rings. The van der Waals surface area contributed by atoms with E-state index in [-0.39, 0.29) is 0 Å². The van der Waals surface area contributed by atoms with Crippen molar-refractivity contribution in [3.63, 3.8) is 0 Å². The van der Waals surface area contributed by atoms with Gasteiger partial charge in [-0.2, -0.15) is 0 Å². The molecule has 0 aromatic carbocycles. The third kappa shape index (κ3) is 2.21. The number of rotatable bonds is 1. The Morgan fingerprint density at radius 3 is 2.30 bits per heavy atom. The molecule has 1 rings (SSSR count). The first-order chi connectivity index (χ1) is 4.84. The van der Waals surface area contributed by atoms with Crippen LogP contribution in [0.15, 0.2) is 10.7 Å². The van der Waals surface area contributed by atoms with Gasteiger partial charge in [-0.25, -0.2) is 0 Å². The molecule has 0 amide bonds. The highest BCUT2D eigenvalue weighted by atomic mass is 16.5. The van der Waals surface area contributed by atoms with E-state index in [1.807, 2.05) is 27.7 Å². The first kappa shape index (κ1) is 9.21. The van der Waals surface area contributed by atoms with Gasteiger partial charge in [-0.15, -0.1) is 0 Å². The second kappa shape index (κ2) is 5.03. The first-order valence-corrected chi connectivity index (χ1v) is 3.74. The molecule has 0 N–H and O–H groups in total. The second-order valence-electron chi connectivity index (χ2n) is 1.79. The Morgan fingerprint density at radius 2 is 2.10 bits per heavy atom. The molecule has 0 radical (unpaired) electrons. The van der Waals surface area contributed by atoms with Crippen LogP contribution in [0.2, 0.25) is 0 Å². The Hall–Kier alpha value is -0.790. The van der Waals surface area contributed by atoms with Gasteiger partial charge < -0.3 is 4.52 Å². The van der Waals surface area contributed by atoms with Crippen LogP contribution >= 0.6 is 0 Å². The maximum Gasteiger partial charge on any atom is 0.139 e. The van der Waals surface area contributed by atoms with Crippen LogP contribution < -0.4 is 0 Å². The molecule has 2 nitrogen and oxygen atoms in total. The monoisotopic (exact) mass is 141 g/mol. The molecule has 0 aliphatic rings. The minimum absolute atomic E-state index is 0.936. The van der Waals surface area contributed by atoms with Gasteiger partial charge in [-0.05, 0) is 6.92 Å². The zero-order valence-corrected chi connectivity index (χ0v) is 7.14. The molecule has 0 saturated heterocycles. The van der Waals surface area contributed by atoms with Crippen molar-refractivity contribution in [2.75, 3.05) is 0 Å². The molecule has 1 heterocycles. The summed E-state index contributed by atoms with van der Waals surface area (Å²) in [4.78, 5) is 0. The van der Waals surface area contributed by atoms with Gasteiger partial charge in [0.25, 0.3) is 0 Å². The molecule has 0 bridgehead atoms. The van der Waals surface area contributed by atoms with Crippen molar-refractivity contribution in [3.8, 4) is 0 Å². The van der Waals surface area contributed by atoms with Crippen LogP contribution in [0.1, 0.15) is 32.1 Å². The summed E-state index contributed by atoms with van der Waals surface area (Å²) in [5.74, 6) is 0.991. The second-order valence-corrected chi connectivity index (χ2v) is 1.79. The fraction of sp³-hybridized carbons (Fsp3) is 0.625. The smallest absolute Gasteiger partial charge is 0.139 e. The van der Waals surface area contributed by atoms with E-state index in [0.717, 1.165) is 17.7 Å². The van der Waals surface area contributed by atoms with Gasteiger partial charge in [0.05, 0.1) is 6.20 Å². The third-order valence-electron chi connectivity index (χ3n) is 1.17. The Bertz CT molecular complexity index is 170. The fourth-order valence-corrected chi connectivity index (χ4v) is 0.656. The van der Waals surface area contributed by atoms with Crippen molar-refractivity contribution >= 4 is 0 Å². The maximum atomic E-state index is 4.86. The van der Waals surface area contributed by atoms with Crippen LogP contribution in [0.25, 0.3) is 0 Å². The van der Waals surface area contributed by atoms with E-state index in [1.165, 1.54) is 0 Å². The molecule has 0 atom stereocenters. The summed E-state index contributed by atoms with van der Waals surface area (Å²) >= 11 is 0. The molecular formula is C8H15NO. The van der Waals surface area contributed by atoms with E-state index in [4.69, 9.17) is 4.52 Å². The molecule has 0 spiro atoms. The average Bonchev–Trinajstić information content (AvgIpc) is 2.39. The fourth-order valence-electron chi connectivity index (χ4n) is 0.656. The van der Waals surface area contributed by atoms with Crippen molar-refractivity contribution in [2.45, 2.75) is 34.1 Å². The maximum absolute atomic E-state index is 4.86. The Labute approximate surface area is 62.2 Å². The average molecular weight is 141 g/mol. The van der Waals surface area contributed by atoms with Gasteiger partial charge in [-0.1, -0.05) is 25.9 Å². The summed E-state index contributed by atoms with van der Waals surface area (Å²) in [7, 11) is 0. The number of aromatic nitrogens is 1. The normalized spacial score (nSPS) is 8.40. The lowest BCUT2D eigenvalue weighted by Crippen LogP contribution is -1.75. The molecule has 0 aliphatic carbocycles. The minimum Gasteiger partial charge on any atom is -0.361 e. The Balaban J connectivity index is 0.000000371. The molecule has 58 valence electrons. The topological polar surface area (TPSA) is 26.0 Å². The zero-order chi connectivity index (χ0) is 7.98. The molecule has 2 heteroatoms. The van der Waals surface area contributed by atoms with E-state index < -0.39 is 0 Å². The van der Waals surface area contributed by atoms with Gasteiger partial charge >= 0.3 is 0 Å². The number of hydrogen-bond donors (Lipinski definition) is 0. The predicted octanol–water partition coefficient (Wildman–Crippen LogP) is 2.57. The van der Waals surface area contributed by atoms with E-state index >= 15 is 0 Å². The van der Waals surface area contributed by atoms with Crippen LogP contribution in [0.4, 0.5) is 0 Å². The summed E-state index contributed by atoms with van der Waals surface area (Å²) < 4.78 is 4.86. The summed E-state index contributed by atoms with van der Waals surface area (Å²) in [6.07, 6.45) is 2.67. The number of nitrogens with zero attached hydrogens (tertiary/aromatic N) is 1. The quantitative estimate of drug-likeness (QED) is 0.600. The van der Waals surface area contributed by atoms with Gasteiger partial charge in [0.2, 0.25) is 0 Å². The zero-order valence-electron chi connectivity index (χ0n) is 7.14. The van der Waals surface area contributed by atoms with Crippen LogP contribution in [0, 0.1) is 6.92 Å². The molecule has 0 aliphatic heterocycles. The highest BCUT2D eigenvalue weighted by molar-refractivity contribution is 5.09. The van der Waals surface area contributed by atoms with Crippen molar-refractivity contribution in [1.82, 2.24) is 5.16 Å². The summed E-state index contributed by atoms with van der Waals surface area (Å²) in [5, 5.41) is 3.62. The Morgan fingerprint density at radius 1 is 1.50 bits per heavy atom. The SMILES string of the molecule is CC.CCc1oncc1C. The van der Waals surface area contributed by atoms with Crippen molar-refractivity contribution in [2.24, 2.45) is 0 Å². The lowest BCUT2D eigenvalue weighted by Gasteiger charge is -1.83. The summed E-state index contributed by atoms with van der Waals surface area (Å²) in [6, 6.07) is 0. The van der Waals surface area contributed by atoms with E-state index in [2.05, 4.69) is 5.16 Å². The van der Waals surface area contributed by atoms with Crippen LogP contribution in [0.5, 0.6) is 0 Å².